The minimum absolute atomic E-state index is 0.183. The van der Waals surface area contributed by atoms with Gasteiger partial charge in [-0.1, -0.05) is 6.07 Å². The molecule has 2 amide bonds. The Morgan fingerprint density at radius 1 is 1.29 bits per heavy atom. The van der Waals surface area contributed by atoms with Crippen LogP contribution < -0.4 is 15.8 Å². The van der Waals surface area contributed by atoms with Crippen LogP contribution in [0.15, 0.2) is 42.6 Å². The largest absolute Gasteiger partial charge is 0.484 e. The van der Waals surface area contributed by atoms with E-state index in [0.717, 1.165) is 5.56 Å². The van der Waals surface area contributed by atoms with Gasteiger partial charge in [-0.25, -0.2) is 4.98 Å². The number of ether oxygens (including phenoxy) is 1. The number of anilines is 1. The molecule has 0 aliphatic carbocycles. The highest BCUT2D eigenvalue weighted by Gasteiger charge is 2.06. The second kappa shape index (κ2) is 6.51. The van der Waals surface area contributed by atoms with Gasteiger partial charge in [0.25, 0.3) is 5.91 Å². The van der Waals surface area contributed by atoms with E-state index in [0.29, 0.717) is 17.1 Å². The van der Waals surface area contributed by atoms with E-state index in [9.17, 15) is 9.59 Å². The molecule has 3 N–H and O–H groups in total. The summed E-state index contributed by atoms with van der Waals surface area (Å²) in [6, 6.07) is 9.93. The zero-order valence-electron chi connectivity index (χ0n) is 11.5. The Kier molecular flexibility index (Phi) is 4.50. The summed E-state index contributed by atoms with van der Waals surface area (Å²) in [6.07, 6.45) is 1.61. The Morgan fingerprint density at radius 2 is 2.10 bits per heavy atom. The first-order valence-electron chi connectivity index (χ1n) is 6.30. The molecule has 2 rings (SSSR count). The first-order valence-corrected chi connectivity index (χ1v) is 6.30. The second-order valence-corrected chi connectivity index (χ2v) is 4.45. The van der Waals surface area contributed by atoms with Crippen LogP contribution in [0.3, 0.4) is 0 Å². The van der Waals surface area contributed by atoms with Crippen molar-refractivity contribution in [2.45, 2.75) is 6.92 Å². The van der Waals surface area contributed by atoms with E-state index in [1.54, 1.807) is 30.5 Å². The highest BCUT2D eigenvalue weighted by molar-refractivity contribution is 5.93. The number of nitrogens with one attached hydrogen (secondary N) is 1. The summed E-state index contributed by atoms with van der Waals surface area (Å²) < 4.78 is 5.31. The fraction of sp³-hybridized carbons (Fsp3) is 0.133. The Hall–Kier alpha value is -2.89. The lowest BCUT2D eigenvalue weighted by atomic mass is 10.2. The summed E-state index contributed by atoms with van der Waals surface area (Å²) in [6.45, 7) is 1.72. The van der Waals surface area contributed by atoms with Crippen molar-refractivity contribution in [2.75, 3.05) is 11.9 Å². The van der Waals surface area contributed by atoms with Crippen molar-refractivity contribution in [3.8, 4) is 5.75 Å². The van der Waals surface area contributed by atoms with E-state index in [1.165, 1.54) is 6.07 Å². The third-order valence-electron chi connectivity index (χ3n) is 2.67. The fourth-order valence-electron chi connectivity index (χ4n) is 1.67. The molecule has 6 heteroatoms. The number of primary amides is 1. The van der Waals surface area contributed by atoms with Crippen molar-refractivity contribution >= 4 is 17.6 Å². The van der Waals surface area contributed by atoms with Gasteiger partial charge >= 0.3 is 0 Å². The number of aromatic nitrogens is 1. The third-order valence-corrected chi connectivity index (χ3v) is 2.67. The Morgan fingerprint density at radius 3 is 2.81 bits per heavy atom. The van der Waals surface area contributed by atoms with Crippen molar-refractivity contribution in [1.82, 2.24) is 4.98 Å². The highest BCUT2D eigenvalue weighted by atomic mass is 16.5. The van der Waals surface area contributed by atoms with Crippen LogP contribution in [0.25, 0.3) is 0 Å². The molecule has 0 bridgehead atoms. The SMILES string of the molecule is Cc1ccnc(NC(=O)COc2cccc(C(N)=O)c2)c1. The van der Waals surface area contributed by atoms with E-state index in [4.69, 9.17) is 10.5 Å². The van der Waals surface area contributed by atoms with Crippen molar-refractivity contribution < 1.29 is 14.3 Å². The number of hydrogen-bond donors (Lipinski definition) is 2. The molecule has 6 nitrogen and oxygen atoms in total. The van der Waals surface area contributed by atoms with E-state index in [2.05, 4.69) is 10.3 Å². The Labute approximate surface area is 121 Å². The summed E-state index contributed by atoms with van der Waals surface area (Å²) in [4.78, 5) is 26.8. The summed E-state index contributed by atoms with van der Waals surface area (Å²) in [5, 5.41) is 2.62. The van der Waals surface area contributed by atoms with Crippen molar-refractivity contribution in [2.24, 2.45) is 5.73 Å². The van der Waals surface area contributed by atoms with Gasteiger partial charge in [0.2, 0.25) is 5.91 Å². The van der Waals surface area contributed by atoms with Gasteiger partial charge in [0.1, 0.15) is 11.6 Å². The number of nitrogens with two attached hydrogens (primary N) is 1. The predicted octanol–water partition coefficient (Wildman–Crippen LogP) is 1.51. The number of aryl methyl sites for hydroxylation is 1. The molecular weight excluding hydrogens is 270 g/mol. The summed E-state index contributed by atoms with van der Waals surface area (Å²) in [5.74, 6) is -0.0143. The number of pyridine rings is 1. The normalized spacial score (nSPS) is 9.95. The van der Waals surface area contributed by atoms with Crippen LogP contribution in [-0.4, -0.2) is 23.4 Å². The smallest absolute Gasteiger partial charge is 0.263 e. The van der Waals surface area contributed by atoms with E-state index in [1.807, 2.05) is 13.0 Å². The quantitative estimate of drug-likeness (QED) is 0.870. The molecule has 0 spiro atoms. The lowest BCUT2D eigenvalue weighted by Crippen LogP contribution is -2.21. The summed E-state index contributed by atoms with van der Waals surface area (Å²) >= 11 is 0. The number of amides is 2. The zero-order valence-corrected chi connectivity index (χ0v) is 11.5. The minimum Gasteiger partial charge on any atom is -0.484 e. The average Bonchev–Trinajstić information content (AvgIpc) is 2.45. The molecule has 0 saturated heterocycles. The first kappa shape index (κ1) is 14.5. The van der Waals surface area contributed by atoms with E-state index >= 15 is 0 Å². The zero-order chi connectivity index (χ0) is 15.2. The molecule has 0 aliphatic rings. The molecule has 21 heavy (non-hydrogen) atoms. The number of carbonyl (C=O) groups is 2. The van der Waals surface area contributed by atoms with Gasteiger partial charge in [-0.05, 0) is 42.8 Å². The Bertz CT molecular complexity index is 671. The standard InChI is InChI=1S/C15H15N3O3/c1-10-5-6-17-13(7-10)18-14(19)9-21-12-4-2-3-11(8-12)15(16)20/h2-8H,9H2,1H3,(H2,16,20)(H,17,18,19). The van der Waals surface area contributed by atoms with Gasteiger partial charge < -0.3 is 15.8 Å². The van der Waals surface area contributed by atoms with Crippen LogP contribution in [0.5, 0.6) is 5.75 Å². The number of benzene rings is 1. The number of nitrogens with zero attached hydrogens (tertiary/aromatic N) is 1. The number of carbonyl (C=O) groups excluding carboxylic acids is 2. The third kappa shape index (κ3) is 4.31. The molecule has 0 aliphatic heterocycles. The molecular formula is C15H15N3O3. The van der Waals surface area contributed by atoms with Crippen LogP contribution in [0.4, 0.5) is 5.82 Å². The Balaban J connectivity index is 1.92. The van der Waals surface area contributed by atoms with Gasteiger partial charge in [0, 0.05) is 11.8 Å². The van der Waals surface area contributed by atoms with Crippen molar-refractivity contribution in [1.29, 1.82) is 0 Å². The van der Waals surface area contributed by atoms with E-state index in [-0.39, 0.29) is 12.5 Å². The molecule has 1 aromatic heterocycles. The van der Waals surface area contributed by atoms with Gasteiger partial charge in [-0.2, -0.15) is 0 Å². The maximum absolute atomic E-state index is 11.7. The van der Waals surface area contributed by atoms with Gasteiger partial charge in [-0.15, -0.1) is 0 Å². The van der Waals surface area contributed by atoms with Gasteiger partial charge in [0.15, 0.2) is 6.61 Å². The number of rotatable bonds is 5. The van der Waals surface area contributed by atoms with Crippen LogP contribution >= 0.6 is 0 Å². The van der Waals surface area contributed by atoms with Crippen molar-refractivity contribution in [3.63, 3.8) is 0 Å². The molecule has 0 unspecified atom stereocenters. The van der Waals surface area contributed by atoms with Crippen LogP contribution in [0.1, 0.15) is 15.9 Å². The number of hydrogen-bond acceptors (Lipinski definition) is 4. The lowest BCUT2D eigenvalue weighted by Gasteiger charge is -2.08. The molecule has 1 aromatic carbocycles. The van der Waals surface area contributed by atoms with Gasteiger partial charge in [0.05, 0.1) is 0 Å². The lowest BCUT2D eigenvalue weighted by molar-refractivity contribution is -0.118. The first-order chi connectivity index (χ1) is 10.0. The monoisotopic (exact) mass is 285 g/mol. The maximum atomic E-state index is 11.7. The predicted molar refractivity (Wildman–Crippen MR) is 78.1 cm³/mol. The van der Waals surface area contributed by atoms with Gasteiger partial charge in [-0.3, -0.25) is 9.59 Å². The second-order valence-electron chi connectivity index (χ2n) is 4.45. The summed E-state index contributed by atoms with van der Waals surface area (Å²) in [7, 11) is 0. The fourth-order valence-corrected chi connectivity index (χ4v) is 1.67. The average molecular weight is 285 g/mol. The maximum Gasteiger partial charge on any atom is 0.263 e. The highest BCUT2D eigenvalue weighted by Crippen LogP contribution is 2.13. The molecule has 2 aromatic rings. The molecule has 1 heterocycles. The van der Waals surface area contributed by atoms with E-state index < -0.39 is 5.91 Å². The van der Waals surface area contributed by atoms with Crippen molar-refractivity contribution in [3.05, 3.63) is 53.7 Å². The van der Waals surface area contributed by atoms with Crippen LogP contribution in [0, 0.1) is 6.92 Å². The van der Waals surface area contributed by atoms with Crippen LogP contribution in [0.2, 0.25) is 0 Å². The molecule has 0 saturated carbocycles. The minimum atomic E-state index is -0.547. The topological polar surface area (TPSA) is 94.3 Å². The molecule has 0 fully saturated rings. The van der Waals surface area contributed by atoms with Crippen LogP contribution in [-0.2, 0) is 4.79 Å². The summed E-state index contributed by atoms with van der Waals surface area (Å²) in [5.41, 5.74) is 6.50. The molecule has 108 valence electrons. The molecule has 0 radical (unpaired) electrons. The molecule has 0 atom stereocenters.